The monoisotopic (exact) mass is 302 g/mol. The number of carbonyl (C=O) groups is 1. The number of halogens is 2. The molecule has 1 aliphatic heterocycles. The molecule has 2 heterocycles. The van der Waals surface area contributed by atoms with Crippen molar-refractivity contribution in [2.45, 2.75) is 25.9 Å². The van der Waals surface area contributed by atoms with E-state index in [9.17, 15) is 4.79 Å². The summed E-state index contributed by atoms with van der Waals surface area (Å²) in [4.78, 5) is 18.1. The maximum atomic E-state index is 12.4. The second kappa shape index (κ2) is 6.55. The molecule has 1 unspecified atom stereocenters. The van der Waals surface area contributed by atoms with Gasteiger partial charge >= 0.3 is 0 Å². The molecule has 4 nitrogen and oxygen atoms in total. The van der Waals surface area contributed by atoms with Crippen LogP contribution in [-0.4, -0.2) is 41.6 Å². The zero-order valence-corrected chi connectivity index (χ0v) is 12.2. The van der Waals surface area contributed by atoms with Crippen LogP contribution in [0.5, 0.6) is 0 Å². The molecule has 104 valence electrons. The summed E-state index contributed by atoms with van der Waals surface area (Å²) in [5.74, 6) is -0.113. The van der Waals surface area contributed by atoms with Gasteiger partial charge in [-0.05, 0) is 25.0 Å². The number of hydrogen-bond acceptors (Lipinski definition) is 3. The van der Waals surface area contributed by atoms with E-state index < -0.39 is 0 Å². The molecular formula is C13H16Cl2N2O2. The number of pyridine rings is 1. The largest absolute Gasteiger partial charge is 0.376 e. The van der Waals surface area contributed by atoms with Crippen LogP contribution in [0.4, 0.5) is 0 Å². The van der Waals surface area contributed by atoms with Crippen molar-refractivity contribution in [3.8, 4) is 0 Å². The first-order valence-electron chi connectivity index (χ1n) is 6.34. The van der Waals surface area contributed by atoms with E-state index in [1.807, 2.05) is 0 Å². The summed E-state index contributed by atoms with van der Waals surface area (Å²) in [7, 11) is 0. The molecule has 1 saturated heterocycles. The molecule has 19 heavy (non-hydrogen) atoms. The normalized spacial score (nSPS) is 20.2. The molecule has 0 N–H and O–H groups in total. The van der Waals surface area contributed by atoms with Crippen LogP contribution in [0.15, 0.2) is 12.1 Å². The molecule has 1 fully saturated rings. The number of amides is 1. The van der Waals surface area contributed by atoms with Gasteiger partial charge in [-0.15, -0.1) is 0 Å². The highest BCUT2D eigenvalue weighted by Gasteiger charge is 2.24. The van der Waals surface area contributed by atoms with Gasteiger partial charge in [-0.25, -0.2) is 4.98 Å². The van der Waals surface area contributed by atoms with Crippen LogP contribution in [-0.2, 0) is 4.74 Å². The molecule has 0 radical (unpaired) electrons. The highest BCUT2D eigenvalue weighted by Crippen LogP contribution is 2.20. The van der Waals surface area contributed by atoms with E-state index in [0.29, 0.717) is 25.3 Å². The molecule has 6 heteroatoms. The Morgan fingerprint density at radius 1 is 1.53 bits per heavy atom. The topological polar surface area (TPSA) is 42.4 Å². The standard InChI is InChI=1S/C13H16Cl2N2O2/c1-2-9-8-17(6-3-7-19-9)13(18)10-4-5-11(14)16-12(10)15/h4-5,9H,2-3,6-8H2,1H3. The third-order valence-electron chi connectivity index (χ3n) is 3.14. The van der Waals surface area contributed by atoms with E-state index in [4.69, 9.17) is 27.9 Å². The predicted octanol–water partition coefficient (Wildman–Crippen LogP) is 3.03. The van der Waals surface area contributed by atoms with Crippen molar-refractivity contribution < 1.29 is 9.53 Å². The highest BCUT2D eigenvalue weighted by molar-refractivity contribution is 6.34. The Kier molecular flexibility index (Phi) is 5.02. The Morgan fingerprint density at radius 2 is 2.32 bits per heavy atom. The summed E-state index contributed by atoms with van der Waals surface area (Å²) in [5.41, 5.74) is 0.391. The molecule has 0 spiro atoms. The molecule has 1 aliphatic rings. The summed E-state index contributed by atoms with van der Waals surface area (Å²) in [5, 5.41) is 0.433. The highest BCUT2D eigenvalue weighted by atomic mass is 35.5. The molecule has 0 bridgehead atoms. The first-order valence-corrected chi connectivity index (χ1v) is 7.10. The smallest absolute Gasteiger partial charge is 0.257 e. The summed E-state index contributed by atoms with van der Waals surface area (Å²) in [6.45, 7) is 4.01. The number of carbonyl (C=O) groups excluding carboxylic acids is 1. The molecule has 0 saturated carbocycles. The number of nitrogens with zero attached hydrogens (tertiary/aromatic N) is 2. The average Bonchev–Trinajstić information content (AvgIpc) is 2.63. The number of rotatable bonds is 2. The van der Waals surface area contributed by atoms with Gasteiger partial charge < -0.3 is 9.64 Å². The molecule has 1 atom stereocenters. The fraction of sp³-hybridized carbons (Fsp3) is 0.538. The van der Waals surface area contributed by atoms with Crippen LogP contribution in [0.2, 0.25) is 10.3 Å². The molecule has 1 aromatic rings. The van der Waals surface area contributed by atoms with E-state index >= 15 is 0 Å². The van der Waals surface area contributed by atoms with Crippen LogP contribution < -0.4 is 0 Å². The minimum Gasteiger partial charge on any atom is -0.376 e. The van der Waals surface area contributed by atoms with Gasteiger partial charge in [-0.2, -0.15) is 0 Å². The van der Waals surface area contributed by atoms with E-state index in [1.165, 1.54) is 0 Å². The molecule has 1 aromatic heterocycles. The third-order valence-corrected chi connectivity index (χ3v) is 3.64. The quantitative estimate of drug-likeness (QED) is 0.789. The molecular weight excluding hydrogens is 287 g/mol. The van der Waals surface area contributed by atoms with Gasteiger partial charge in [0.25, 0.3) is 5.91 Å². The minimum atomic E-state index is -0.113. The van der Waals surface area contributed by atoms with Crippen molar-refractivity contribution in [3.05, 3.63) is 28.0 Å². The predicted molar refractivity (Wildman–Crippen MR) is 74.8 cm³/mol. The maximum Gasteiger partial charge on any atom is 0.257 e. The number of hydrogen-bond donors (Lipinski definition) is 0. The van der Waals surface area contributed by atoms with Crippen LogP contribution in [0.3, 0.4) is 0 Å². The van der Waals surface area contributed by atoms with Gasteiger partial charge in [0.2, 0.25) is 0 Å². The van der Waals surface area contributed by atoms with Crippen LogP contribution in [0.1, 0.15) is 30.1 Å². The van der Waals surface area contributed by atoms with Crippen molar-refractivity contribution in [1.29, 1.82) is 0 Å². The second-order valence-electron chi connectivity index (χ2n) is 4.48. The SMILES string of the molecule is CCC1CN(C(=O)c2ccc(Cl)nc2Cl)CCCO1. The van der Waals surface area contributed by atoms with Crippen LogP contribution in [0, 0.1) is 0 Å². The Hall–Kier alpha value is -0.840. The van der Waals surface area contributed by atoms with Crippen molar-refractivity contribution in [2.24, 2.45) is 0 Å². The van der Waals surface area contributed by atoms with Gasteiger partial charge in [-0.3, -0.25) is 4.79 Å². The lowest BCUT2D eigenvalue weighted by molar-refractivity contribution is 0.0460. The molecule has 2 rings (SSSR count). The zero-order chi connectivity index (χ0) is 13.8. The summed E-state index contributed by atoms with van der Waals surface area (Å²) >= 11 is 11.7. The van der Waals surface area contributed by atoms with E-state index in [-0.39, 0.29) is 22.3 Å². The number of aromatic nitrogens is 1. The van der Waals surface area contributed by atoms with Gasteiger partial charge in [0, 0.05) is 19.7 Å². The number of ether oxygens (including phenoxy) is 1. The van der Waals surface area contributed by atoms with Crippen LogP contribution in [0.25, 0.3) is 0 Å². The lowest BCUT2D eigenvalue weighted by Crippen LogP contribution is -2.36. The Bertz CT molecular complexity index is 468. The first-order chi connectivity index (χ1) is 9.11. The van der Waals surface area contributed by atoms with Gasteiger partial charge in [-0.1, -0.05) is 30.1 Å². The molecule has 0 aliphatic carbocycles. The zero-order valence-electron chi connectivity index (χ0n) is 10.7. The Balaban J connectivity index is 2.17. The molecule has 1 amide bonds. The summed E-state index contributed by atoms with van der Waals surface area (Å²) < 4.78 is 5.65. The fourth-order valence-electron chi connectivity index (χ4n) is 2.07. The van der Waals surface area contributed by atoms with Gasteiger partial charge in [0.1, 0.15) is 10.3 Å². The van der Waals surface area contributed by atoms with Gasteiger partial charge in [0.05, 0.1) is 11.7 Å². The lowest BCUT2D eigenvalue weighted by Gasteiger charge is -2.23. The lowest BCUT2D eigenvalue weighted by atomic mass is 10.2. The fourth-order valence-corrected chi connectivity index (χ4v) is 2.49. The second-order valence-corrected chi connectivity index (χ2v) is 5.22. The van der Waals surface area contributed by atoms with Crippen LogP contribution >= 0.6 is 23.2 Å². The first kappa shape index (κ1) is 14.6. The van der Waals surface area contributed by atoms with E-state index in [0.717, 1.165) is 12.8 Å². The Morgan fingerprint density at radius 3 is 3.00 bits per heavy atom. The maximum absolute atomic E-state index is 12.4. The van der Waals surface area contributed by atoms with E-state index in [2.05, 4.69) is 11.9 Å². The van der Waals surface area contributed by atoms with Crippen molar-refractivity contribution in [2.75, 3.05) is 19.7 Å². The Labute approximate surface area is 122 Å². The minimum absolute atomic E-state index is 0.0884. The van der Waals surface area contributed by atoms with Crippen molar-refractivity contribution in [3.63, 3.8) is 0 Å². The average molecular weight is 303 g/mol. The summed E-state index contributed by atoms with van der Waals surface area (Å²) in [6.07, 6.45) is 1.81. The molecule has 0 aromatic carbocycles. The van der Waals surface area contributed by atoms with E-state index in [1.54, 1.807) is 17.0 Å². The van der Waals surface area contributed by atoms with Crippen molar-refractivity contribution >= 4 is 29.1 Å². The van der Waals surface area contributed by atoms with Gasteiger partial charge in [0.15, 0.2) is 0 Å². The summed E-state index contributed by atoms with van der Waals surface area (Å²) in [6, 6.07) is 3.19. The third kappa shape index (κ3) is 3.59. The van der Waals surface area contributed by atoms with Crippen molar-refractivity contribution in [1.82, 2.24) is 9.88 Å².